The fraction of sp³-hybridized carbons (Fsp3) is 0.417. The number of hydrogen-bond donors (Lipinski definition) is 2. The van der Waals surface area contributed by atoms with Gasteiger partial charge < -0.3 is 20.1 Å². The number of carbonyl (C=O) groups is 2. The van der Waals surface area contributed by atoms with E-state index in [1.165, 1.54) is 12.3 Å². The van der Waals surface area contributed by atoms with E-state index in [1.54, 1.807) is 13.1 Å². The molecule has 0 saturated carbocycles. The van der Waals surface area contributed by atoms with Crippen molar-refractivity contribution in [1.82, 2.24) is 10.3 Å². The minimum absolute atomic E-state index is 0.0199. The van der Waals surface area contributed by atoms with Gasteiger partial charge in [0.15, 0.2) is 0 Å². The summed E-state index contributed by atoms with van der Waals surface area (Å²) in [4.78, 5) is 28.2. The first-order chi connectivity index (χ1) is 9.13. The van der Waals surface area contributed by atoms with Gasteiger partial charge in [-0.05, 0) is 12.1 Å². The Morgan fingerprint density at radius 1 is 1.53 bits per heavy atom. The molecular weight excluding hydrogens is 250 g/mol. The van der Waals surface area contributed by atoms with E-state index in [-0.39, 0.29) is 11.6 Å². The molecule has 7 heteroatoms. The van der Waals surface area contributed by atoms with Gasteiger partial charge >= 0.3 is 5.97 Å². The van der Waals surface area contributed by atoms with Crippen LogP contribution in [0.4, 0.5) is 5.69 Å². The third-order valence-electron chi connectivity index (χ3n) is 2.98. The highest BCUT2D eigenvalue weighted by atomic mass is 16.5. The first-order valence-corrected chi connectivity index (χ1v) is 5.89. The smallest absolute Gasteiger partial charge is 0.354 e. The number of rotatable bonds is 3. The number of amides is 1. The van der Waals surface area contributed by atoms with Crippen LogP contribution in [0.1, 0.15) is 10.5 Å². The van der Waals surface area contributed by atoms with Gasteiger partial charge in [-0.2, -0.15) is 0 Å². The summed E-state index contributed by atoms with van der Waals surface area (Å²) in [6.07, 6.45) is 1.46. The summed E-state index contributed by atoms with van der Waals surface area (Å²) in [5.74, 6) is -1.21. The lowest BCUT2D eigenvalue weighted by Gasteiger charge is -2.35. The molecule has 1 atom stereocenters. The molecular formula is C12H15N3O4. The second-order valence-corrected chi connectivity index (χ2v) is 4.11. The highest BCUT2D eigenvalue weighted by molar-refractivity contribution is 5.87. The third-order valence-corrected chi connectivity index (χ3v) is 2.98. The van der Waals surface area contributed by atoms with Crippen LogP contribution in [-0.2, 0) is 9.53 Å². The summed E-state index contributed by atoms with van der Waals surface area (Å²) in [5, 5.41) is 11.4. The molecule has 1 aromatic rings. The number of morpholine rings is 1. The molecule has 2 rings (SSSR count). The number of likely N-dealkylation sites (N-methyl/N-ethyl adjacent to an activating group) is 1. The van der Waals surface area contributed by atoms with Gasteiger partial charge in [-0.1, -0.05) is 0 Å². The molecule has 102 valence electrons. The van der Waals surface area contributed by atoms with Crippen LogP contribution >= 0.6 is 0 Å². The summed E-state index contributed by atoms with van der Waals surface area (Å²) < 4.78 is 5.30. The number of hydrogen-bond acceptors (Lipinski definition) is 5. The molecule has 1 aromatic heterocycles. The maximum atomic E-state index is 11.8. The molecule has 0 bridgehead atoms. The molecule has 1 amide bonds. The maximum absolute atomic E-state index is 11.8. The number of aromatic nitrogens is 1. The number of nitrogens with one attached hydrogen (secondary N) is 1. The molecule has 1 fully saturated rings. The van der Waals surface area contributed by atoms with E-state index in [9.17, 15) is 9.59 Å². The lowest BCUT2D eigenvalue weighted by Crippen LogP contribution is -2.53. The van der Waals surface area contributed by atoms with Crippen molar-refractivity contribution in [2.45, 2.75) is 6.04 Å². The van der Waals surface area contributed by atoms with Crippen LogP contribution < -0.4 is 10.2 Å². The Kier molecular flexibility index (Phi) is 3.96. The quantitative estimate of drug-likeness (QED) is 0.781. The fourth-order valence-corrected chi connectivity index (χ4v) is 1.98. The predicted molar refractivity (Wildman–Crippen MR) is 67.2 cm³/mol. The van der Waals surface area contributed by atoms with Crippen LogP contribution in [0.3, 0.4) is 0 Å². The molecule has 0 radical (unpaired) electrons. The van der Waals surface area contributed by atoms with Gasteiger partial charge in [-0.15, -0.1) is 0 Å². The van der Waals surface area contributed by atoms with E-state index in [0.29, 0.717) is 25.4 Å². The number of anilines is 1. The van der Waals surface area contributed by atoms with Gasteiger partial charge in [0.25, 0.3) is 0 Å². The largest absolute Gasteiger partial charge is 0.477 e. The molecule has 0 aliphatic carbocycles. The van der Waals surface area contributed by atoms with E-state index < -0.39 is 12.0 Å². The number of carboxylic acids is 1. The molecule has 19 heavy (non-hydrogen) atoms. The maximum Gasteiger partial charge on any atom is 0.354 e. The number of aromatic carboxylic acids is 1. The minimum Gasteiger partial charge on any atom is -0.477 e. The molecule has 1 unspecified atom stereocenters. The van der Waals surface area contributed by atoms with Gasteiger partial charge in [-0.3, -0.25) is 4.79 Å². The van der Waals surface area contributed by atoms with Crippen molar-refractivity contribution in [3.63, 3.8) is 0 Å². The van der Waals surface area contributed by atoms with Gasteiger partial charge in [0.1, 0.15) is 11.7 Å². The second kappa shape index (κ2) is 5.66. The summed E-state index contributed by atoms with van der Waals surface area (Å²) in [6.45, 7) is 1.39. The van der Waals surface area contributed by atoms with Crippen LogP contribution in [-0.4, -0.2) is 54.8 Å². The van der Waals surface area contributed by atoms with Crippen molar-refractivity contribution in [3.05, 3.63) is 24.0 Å². The Bertz CT molecular complexity index is 474. The van der Waals surface area contributed by atoms with E-state index in [0.717, 1.165) is 0 Å². The molecule has 2 heterocycles. The summed E-state index contributed by atoms with van der Waals surface area (Å²) in [5.41, 5.74) is 0.690. The SMILES string of the molecule is CNC(=O)C1COCCN1c1ccc(C(=O)O)nc1. The lowest BCUT2D eigenvalue weighted by atomic mass is 10.2. The van der Waals surface area contributed by atoms with Gasteiger partial charge in [0, 0.05) is 13.6 Å². The number of carboxylic acid groups (broad SMARTS) is 1. The van der Waals surface area contributed by atoms with Crippen molar-refractivity contribution < 1.29 is 19.4 Å². The van der Waals surface area contributed by atoms with Crippen molar-refractivity contribution in [3.8, 4) is 0 Å². The zero-order chi connectivity index (χ0) is 13.8. The highest BCUT2D eigenvalue weighted by Crippen LogP contribution is 2.19. The normalized spacial score (nSPS) is 19.0. The first-order valence-electron chi connectivity index (χ1n) is 5.89. The van der Waals surface area contributed by atoms with Crippen LogP contribution in [0.25, 0.3) is 0 Å². The lowest BCUT2D eigenvalue weighted by molar-refractivity contribution is -0.124. The molecule has 1 aliphatic heterocycles. The van der Waals surface area contributed by atoms with E-state index >= 15 is 0 Å². The van der Waals surface area contributed by atoms with Crippen molar-refractivity contribution in [1.29, 1.82) is 0 Å². The minimum atomic E-state index is -1.07. The number of pyridine rings is 1. The number of nitrogens with zero attached hydrogens (tertiary/aromatic N) is 2. The monoisotopic (exact) mass is 265 g/mol. The zero-order valence-corrected chi connectivity index (χ0v) is 10.5. The van der Waals surface area contributed by atoms with Crippen LogP contribution in [0.2, 0.25) is 0 Å². The third kappa shape index (κ3) is 2.82. The van der Waals surface area contributed by atoms with E-state index in [2.05, 4.69) is 10.3 Å². The van der Waals surface area contributed by atoms with Crippen molar-refractivity contribution >= 4 is 17.6 Å². The predicted octanol–water partition coefficient (Wildman–Crippen LogP) is -0.269. The van der Waals surface area contributed by atoms with Crippen molar-refractivity contribution in [2.75, 3.05) is 31.7 Å². The highest BCUT2D eigenvalue weighted by Gasteiger charge is 2.29. The van der Waals surface area contributed by atoms with E-state index in [1.807, 2.05) is 4.90 Å². The van der Waals surface area contributed by atoms with Crippen molar-refractivity contribution in [2.24, 2.45) is 0 Å². The second-order valence-electron chi connectivity index (χ2n) is 4.11. The summed E-state index contributed by atoms with van der Waals surface area (Å²) in [7, 11) is 1.57. The van der Waals surface area contributed by atoms with Gasteiger partial charge in [-0.25, -0.2) is 9.78 Å². The molecule has 0 aromatic carbocycles. The Balaban J connectivity index is 2.22. The summed E-state index contributed by atoms with van der Waals surface area (Å²) >= 11 is 0. The topological polar surface area (TPSA) is 91.8 Å². The standard InChI is InChI=1S/C12H15N3O4/c1-13-11(16)10-7-19-5-4-15(10)8-2-3-9(12(17)18)14-6-8/h2-3,6,10H,4-5,7H2,1H3,(H,13,16)(H,17,18). The Labute approximate surface area is 110 Å². The number of carbonyl (C=O) groups excluding carboxylic acids is 1. The van der Waals surface area contributed by atoms with Gasteiger partial charge in [0.05, 0.1) is 25.1 Å². The molecule has 1 aliphatic rings. The van der Waals surface area contributed by atoms with E-state index in [4.69, 9.17) is 9.84 Å². The average molecular weight is 265 g/mol. The van der Waals surface area contributed by atoms with Crippen LogP contribution in [0.5, 0.6) is 0 Å². The van der Waals surface area contributed by atoms with Crippen LogP contribution in [0.15, 0.2) is 18.3 Å². The fourth-order valence-electron chi connectivity index (χ4n) is 1.98. The summed E-state index contributed by atoms with van der Waals surface area (Å²) in [6, 6.07) is 2.65. The first kappa shape index (κ1) is 13.3. The van der Waals surface area contributed by atoms with Gasteiger partial charge in [0.2, 0.25) is 5.91 Å². The molecule has 1 saturated heterocycles. The zero-order valence-electron chi connectivity index (χ0n) is 10.5. The molecule has 2 N–H and O–H groups in total. The molecule has 7 nitrogen and oxygen atoms in total. The Hall–Kier alpha value is -2.15. The van der Waals surface area contributed by atoms with Crippen LogP contribution in [0, 0.1) is 0 Å². The average Bonchev–Trinajstić information content (AvgIpc) is 2.46. The number of ether oxygens (including phenoxy) is 1. The molecule has 0 spiro atoms. The Morgan fingerprint density at radius 3 is 2.89 bits per heavy atom. The Morgan fingerprint density at radius 2 is 2.32 bits per heavy atom.